The fraction of sp³-hybridized carbons (Fsp3) is 0.417. The minimum Gasteiger partial charge on any atom is -0.396 e. The molecule has 7 heteroatoms. The number of aliphatic hydroxyl groups excluding tert-OH is 1. The molecule has 1 aromatic rings. The Kier molecular flexibility index (Phi) is 3.66. The van der Waals surface area contributed by atoms with Crippen LogP contribution in [0.25, 0.3) is 0 Å². The molecule has 0 radical (unpaired) electrons. The molecule has 1 aliphatic rings. The Hall–Kier alpha value is -2.15. The Morgan fingerprint density at radius 3 is 2.84 bits per heavy atom. The van der Waals surface area contributed by atoms with Crippen LogP contribution < -0.4 is 5.73 Å². The molecule has 0 bridgehead atoms. The molecule has 1 heterocycles. The van der Waals surface area contributed by atoms with Crippen molar-refractivity contribution in [2.24, 2.45) is 5.92 Å². The van der Waals surface area contributed by atoms with Crippen LogP contribution in [-0.2, 0) is 0 Å². The first-order valence-corrected chi connectivity index (χ1v) is 5.97. The molecule has 0 saturated carbocycles. The third-order valence-corrected chi connectivity index (χ3v) is 3.30. The molecule has 1 unspecified atom stereocenters. The van der Waals surface area contributed by atoms with Gasteiger partial charge in [0.15, 0.2) is 0 Å². The van der Waals surface area contributed by atoms with Crippen LogP contribution in [0.5, 0.6) is 0 Å². The number of nitrogens with two attached hydrogens (primary N) is 1. The van der Waals surface area contributed by atoms with E-state index in [1.54, 1.807) is 4.90 Å². The van der Waals surface area contributed by atoms with E-state index in [4.69, 9.17) is 10.8 Å². The molecule has 1 aliphatic heterocycles. The van der Waals surface area contributed by atoms with Crippen LogP contribution in [0.2, 0.25) is 0 Å². The van der Waals surface area contributed by atoms with Gasteiger partial charge in [-0.2, -0.15) is 0 Å². The molecule has 1 atom stereocenters. The Morgan fingerprint density at radius 2 is 2.32 bits per heavy atom. The maximum absolute atomic E-state index is 12.2. The van der Waals surface area contributed by atoms with E-state index in [1.807, 2.05) is 0 Å². The lowest BCUT2D eigenvalue weighted by molar-refractivity contribution is -0.383. The SMILES string of the molecule is Nc1cc(C(=O)N2CCC(CO)C2)ccc1[N+](=O)[O-]. The molecule has 102 valence electrons. The number of carbonyl (C=O) groups excluding carboxylic acids is 1. The third-order valence-electron chi connectivity index (χ3n) is 3.30. The van der Waals surface area contributed by atoms with Crippen LogP contribution in [0, 0.1) is 16.0 Å². The molecule has 1 amide bonds. The van der Waals surface area contributed by atoms with E-state index in [1.165, 1.54) is 18.2 Å². The molecule has 1 aromatic carbocycles. The van der Waals surface area contributed by atoms with Gasteiger partial charge in [-0.1, -0.05) is 0 Å². The summed E-state index contributed by atoms with van der Waals surface area (Å²) in [4.78, 5) is 23.8. The van der Waals surface area contributed by atoms with Gasteiger partial charge in [-0.15, -0.1) is 0 Å². The first-order valence-electron chi connectivity index (χ1n) is 5.97. The Bertz CT molecular complexity index is 518. The van der Waals surface area contributed by atoms with Crippen LogP contribution >= 0.6 is 0 Å². The monoisotopic (exact) mass is 265 g/mol. The number of nitro groups is 1. The van der Waals surface area contributed by atoms with Gasteiger partial charge in [0, 0.05) is 37.2 Å². The molecule has 7 nitrogen and oxygen atoms in total. The lowest BCUT2D eigenvalue weighted by Gasteiger charge is -2.16. The van der Waals surface area contributed by atoms with Gasteiger partial charge in [0.2, 0.25) is 0 Å². The fourth-order valence-corrected chi connectivity index (χ4v) is 2.20. The van der Waals surface area contributed by atoms with Crippen molar-refractivity contribution in [2.45, 2.75) is 6.42 Å². The van der Waals surface area contributed by atoms with Gasteiger partial charge in [0.05, 0.1) is 4.92 Å². The summed E-state index contributed by atoms with van der Waals surface area (Å²) in [7, 11) is 0. The van der Waals surface area contributed by atoms with E-state index in [0.717, 1.165) is 6.42 Å². The topological polar surface area (TPSA) is 110 Å². The average molecular weight is 265 g/mol. The molecule has 3 N–H and O–H groups in total. The number of hydrogen-bond donors (Lipinski definition) is 2. The largest absolute Gasteiger partial charge is 0.396 e. The summed E-state index contributed by atoms with van der Waals surface area (Å²) < 4.78 is 0. The molecule has 0 aliphatic carbocycles. The maximum atomic E-state index is 12.2. The highest BCUT2D eigenvalue weighted by Crippen LogP contribution is 2.24. The van der Waals surface area contributed by atoms with E-state index < -0.39 is 4.92 Å². The van der Waals surface area contributed by atoms with Crippen LogP contribution in [0.4, 0.5) is 11.4 Å². The molecule has 0 spiro atoms. The molecule has 19 heavy (non-hydrogen) atoms. The molecule has 1 fully saturated rings. The van der Waals surface area contributed by atoms with Crippen molar-refractivity contribution in [1.82, 2.24) is 4.90 Å². The molecule has 1 saturated heterocycles. The van der Waals surface area contributed by atoms with Crippen LogP contribution in [0.3, 0.4) is 0 Å². The van der Waals surface area contributed by atoms with Gasteiger partial charge < -0.3 is 15.7 Å². The summed E-state index contributed by atoms with van der Waals surface area (Å²) in [6.45, 7) is 1.15. The third kappa shape index (κ3) is 2.65. The summed E-state index contributed by atoms with van der Waals surface area (Å²) in [6, 6.07) is 3.97. The van der Waals surface area contributed by atoms with Gasteiger partial charge in [-0.25, -0.2) is 0 Å². The van der Waals surface area contributed by atoms with Crippen LogP contribution in [0.15, 0.2) is 18.2 Å². The van der Waals surface area contributed by atoms with Crippen molar-refractivity contribution >= 4 is 17.3 Å². The number of benzene rings is 1. The number of hydrogen-bond acceptors (Lipinski definition) is 5. The van der Waals surface area contributed by atoms with Crippen LogP contribution in [0.1, 0.15) is 16.8 Å². The minimum absolute atomic E-state index is 0.0197. The standard InChI is InChI=1S/C12H15N3O4/c13-10-5-9(1-2-11(10)15(18)19)12(17)14-4-3-8(6-14)7-16/h1-2,5,8,16H,3-4,6-7,13H2. The fourth-order valence-electron chi connectivity index (χ4n) is 2.20. The van der Waals surface area contributed by atoms with Gasteiger partial charge in [0.25, 0.3) is 11.6 Å². The second-order valence-electron chi connectivity index (χ2n) is 4.62. The molecule has 0 aromatic heterocycles. The number of aliphatic hydroxyl groups is 1. The second-order valence-corrected chi connectivity index (χ2v) is 4.62. The first-order chi connectivity index (χ1) is 9.02. The molecule has 2 rings (SSSR count). The van der Waals surface area contributed by atoms with Crippen molar-refractivity contribution in [3.8, 4) is 0 Å². The van der Waals surface area contributed by atoms with Crippen molar-refractivity contribution in [2.75, 3.05) is 25.4 Å². The van der Waals surface area contributed by atoms with E-state index in [2.05, 4.69) is 0 Å². The zero-order chi connectivity index (χ0) is 14.0. The summed E-state index contributed by atoms with van der Waals surface area (Å²) in [6.07, 6.45) is 0.769. The highest BCUT2D eigenvalue weighted by molar-refractivity contribution is 5.95. The zero-order valence-electron chi connectivity index (χ0n) is 10.3. The number of nitrogens with zero attached hydrogens (tertiary/aromatic N) is 2. The lowest BCUT2D eigenvalue weighted by atomic mass is 10.1. The number of nitro benzene ring substituents is 1. The lowest BCUT2D eigenvalue weighted by Crippen LogP contribution is -2.29. The molecular formula is C12H15N3O4. The quantitative estimate of drug-likeness (QED) is 0.473. The summed E-state index contributed by atoms with van der Waals surface area (Å²) >= 11 is 0. The van der Waals surface area contributed by atoms with Gasteiger partial charge in [0.1, 0.15) is 5.69 Å². The smallest absolute Gasteiger partial charge is 0.292 e. The second kappa shape index (κ2) is 5.23. The number of rotatable bonds is 3. The maximum Gasteiger partial charge on any atom is 0.292 e. The van der Waals surface area contributed by atoms with E-state index in [0.29, 0.717) is 18.7 Å². The van der Waals surface area contributed by atoms with Crippen molar-refractivity contribution in [3.63, 3.8) is 0 Å². The van der Waals surface area contributed by atoms with E-state index in [-0.39, 0.29) is 29.8 Å². The number of likely N-dealkylation sites (tertiary alicyclic amines) is 1. The van der Waals surface area contributed by atoms with Crippen molar-refractivity contribution < 1.29 is 14.8 Å². The average Bonchev–Trinajstić information content (AvgIpc) is 2.86. The Balaban J connectivity index is 2.16. The summed E-state index contributed by atoms with van der Waals surface area (Å²) in [5, 5.41) is 19.7. The summed E-state index contributed by atoms with van der Waals surface area (Å²) in [5.41, 5.74) is 5.67. The first kappa shape index (κ1) is 13.3. The normalized spacial score (nSPS) is 18.6. The van der Waals surface area contributed by atoms with Gasteiger partial charge in [-0.3, -0.25) is 14.9 Å². The van der Waals surface area contributed by atoms with Gasteiger partial charge >= 0.3 is 0 Å². The highest BCUT2D eigenvalue weighted by Gasteiger charge is 2.27. The Morgan fingerprint density at radius 1 is 1.58 bits per heavy atom. The van der Waals surface area contributed by atoms with E-state index in [9.17, 15) is 14.9 Å². The molecular weight excluding hydrogens is 250 g/mol. The highest BCUT2D eigenvalue weighted by atomic mass is 16.6. The Labute approximate surface area is 109 Å². The number of anilines is 1. The predicted octanol–water partition coefficient (Wildman–Crippen LogP) is 0.631. The van der Waals surface area contributed by atoms with Gasteiger partial charge in [-0.05, 0) is 18.6 Å². The minimum atomic E-state index is -0.582. The predicted molar refractivity (Wildman–Crippen MR) is 68.6 cm³/mol. The van der Waals surface area contributed by atoms with E-state index >= 15 is 0 Å². The zero-order valence-corrected chi connectivity index (χ0v) is 10.3. The van der Waals surface area contributed by atoms with Crippen molar-refractivity contribution in [3.05, 3.63) is 33.9 Å². The number of carbonyl (C=O) groups is 1. The summed E-state index contributed by atoms with van der Waals surface area (Å²) in [5.74, 6) is -0.100. The number of nitrogen functional groups attached to an aromatic ring is 1. The van der Waals surface area contributed by atoms with Crippen LogP contribution in [-0.4, -0.2) is 40.5 Å². The van der Waals surface area contributed by atoms with Crippen molar-refractivity contribution in [1.29, 1.82) is 0 Å². The number of amides is 1.